The fraction of sp³-hybridized carbons (Fsp3) is 0.667. The van der Waals surface area contributed by atoms with E-state index in [0.717, 1.165) is 35.2 Å². The number of nitrogens with zero attached hydrogens (tertiary/aromatic N) is 2. The second-order valence-electron chi connectivity index (χ2n) is 4.57. The molecule has 1 aromatic rings. The largest absolute Gasteiger partial charge is 0.373 e. The van der Waals surface area contributed by atoms with Crippen molar-refractivity contribution in [1.82, 2.24) is 9.97 Å². The zero-order chi connectivity index (χ0) is 12.3. The highest BCUT2D eigenvalue weighted by atomic mass is 32.2. The highest BCUT2D eigenvalue weighted by molar-refractivity contribution is 7.98. The number of thioether (sulfide) groups is 1. The second-order valence-corrected chi connectivity index (χ2v) is 5.34. The molecule has 2 N–H and O–H groups in total. The average molecular weight is 252 g/mol. The predicted molar refractivity (Wildman–Crippen MR) is 73.7 cm³/mol. The van der Waals surface area contributed by atoms with Crippen LogP contribution in [0.3, 0.4) is 0 Å². The molecule has 1 saturated carbocycles. The minimum atomic E-state index is 0.737. The number of nitrogens with one attached hydrogen (secondary N) is 2. The van der Waals surface area contributed by atoms with Crippen LogP contribution in [0.1, 0.15) is 19.8 Å². The molecule has 0 aliphatic heterocycles. The third-order valence-corrected chi connectivity index (χ3v) is 3.72. The molecule has 17 heavy (non-hydrogen) atoms. The Morgan fingerprint density at radius 2 is 2.12 bits per heavy atom. The Balaban J connectivity index is 1.98. The lowest BCUT2D eigenvalue weighted by molar-refractivity contribution is 0.535. The monoisotopic (exact) mass is 252 g/mol. The lowest BCUT2D eigenvalue weighted by atomic mass is 10.1. The lowest BCUT2D eigenvalue weighted by Crippen LogP contribution is -2.14. The zero-order valence-corrected chi connectivity index (χ0v) is 11.5. The highest BCUT2D eigenvalue weighted by Gasteiger charge is 2.27. The molecule has 1 heterocycles. The molecular formula is C12H20N4S. The summed E-state index contributed by atoms with van der Waals surface area (Å²) in [7, 11) is 1.88. The van der Waals surface area contributed by atoms with Gasteiger partial charge < -0.3 is 10.6 Å². The van der Waals surface area contributed by atoms with Gasteiger partial charge in [-0.05, 0) is 30.9 Å². The number of aromatic nitrogens is 2. The first-order valence-corrected chi connectivity index (χ1v) is 7.30. The quantitative estimate of drug-likeness (QED) is 0.602. The van der Waals surface area contributed by atoms with Crippen molar-refractivity contribution in [2.45, 2.75) is 24.9 Å². The average Bonchev–Trinajstić information content (AvgIpc) is 3.19. The molecule has 0 spiro atoms. The summed E-state index contributed by atoms with van der Waals surface area (Å²) in [4.78, 5) is 8.80. The van der Waals surface area contributed by atoms with Gasteiger partial charge in [-0.1, -0.05) is 18.7 Å². The maximum atomic E-state index is 4.45. The number of hydrogen-bond acceptors (Lipinski definition) is 5. The van der Waals surface area contributed by atoms with Gasteiger partial charge in [0.15, 0.2) is 5.16 Å². The smallest absolute Gasteiger partial charge is 0.191 e. The van der Waals surface area contributed by atoms with Crippen molar-refractivity contribution in [1.29, 1.82) is 0 Å². The first-order valence-electron chi connectivity index (χ1n) is 6.07. The summed E-state index contributed by atoms with van der Waals surface area (Å²) in [6.45, 7) is 3.30. The molecular weight excluding hydrogens is 232 g/mol. The van der Waals surface area contributed by atoms with Crippen molar-refractivity contribution >= 4 is 23.4 Å². The van der Waals surface area contributed by atoms with Gasteiger partial charge in [-0.25, -0.2) is 9.97 Å². The maximum Gasteiger partial charge on any atom is 0.191 e. The summed E-state index contributed by atoms with van der Waals surface area (Å²) in [5, 5.41) is 7.28. The normalized spacial score (nSPS) is 16.6. The summed E-state index contributed by atoms with van der Waals surface area (Å²) < 4.78 is 0. The van der Waals surface area contributed by atoms with Crippen LogP contribution < -0.4 is 10.6 Å². The molecule has 5 heteroatoms. The highest BCUT2D eigenvalue weighted by Crippen LogP contribution is 2.36. The Labute approximate surface area is 107 Å². The van der Waals surface area contributed by atoms with E-state index in [9.17, 15) is 0 Å². The molecule has 1 aliphatic carbocycles. The van der Waals surface area contributed by atoms with Crippen LogP contribution in [0.4, 0.5) is 11.6 Å². The molecule has 0 amide bonds. The fourth-order valence-corrected chi connectivity index (χ4v) is 2.21. The van der Waals surface area contributed by atoms with Crippen molar-refractivity contribution in [2.24, 2.45) is 11.8 Å². The van der Waals surface area contributed by atoms with E-state index in [1.54, 1.807) is 11.8 Å². The minimum absolute atomic E-state index is 0.737. The molecule has 0 radical (unpaired) electrons. The second kappa shape index (κ2) is 5.58. The van der Waals surface area contributed by atoms with Crippen LogP contribution in [-0.2, 0) is 0 Å². The van der Waals surface area contributed by atoms with Gasteiger partial charge in [0.05, 0.1) is 0 Å². The molecule has 94 valence electrons. The third kappa shape index (κ3) is 3.49. The third-order valence-electron chi connectivity index (χ3n) is 3.18. The van der Waals surface area contributed by atoms with Gasteiger partial charge in [0, 0.05) is 19.7 Å². The van der Waals surface area contributed by atoms with Gasteiger partial charge in [-0.15, -0.1) is 0 Å². The van der Waals surface area contributed by atoms with E-state index >= 15 is 0 Å². The standard InChI is InChI=1S/C12H20N4S/c1-8(9-4-5-9)7-14-11-6-10(13-2)15-12(16-11)17-3/h6,8-9H,4-5,7H2,1-3H3,(H2,13,14,15,16). The number of anilines is 2. The Morgan fingerprint density at radius 1 is 1.41 bits per heavy atom. The van der Waals surface area contributed by atoms with E-state index in [1.807, 2.05) is 19.4 Å². The van der Waals surface area contributed by atoms with Crippen LogP contribution in [-0.4, -0.2) is 29.8 Å². The van der Waals surface area contributed by atoms with E-state index in [1.165, 1.54) is 12.8 Å². The molecule has 4 nitrogen and oxygen atoms in total. The van der Waals surface area contributed by atoms with Crippen LogP contribution >= 0.6 is 11.8 Å². The van der Waals surface area contributed by atoms with E-state index in [-0.39, 0.29) is 0 Å². The van der Waals surface area contributed by atoms with Crippen LogP contribution in [0.25, 0.3) is 0 Å². The van der Waals surface area contributed by atoms with Gasteiger partial charge in [-0.2, -0.15) is 0 Å². The SMILES string of the molecule is CNc1cc(NCC(C)C2CC2)nc(SC)n1. The molecule has 1 aliphatic rings. The molecule has 0 bridgehead atoms. The van der Waals surface area contributed by atoms with Crippen molar-refractivity contribution in [3.8, 4) is 0 Å². The Bertz CT molecular complexity index is 357. The Kier molecular flexibility index (Phi) is 4.10. The molecule has 0 aromatic carbocycles. The first kappa shape index (κ1) is 12.5. The van der Waals surface area contributed by atoms with Crippen LogP contribution in [0.15, 0.2) is 11.2 Å². The van der Waals surface area contributed by atoms with E-state index in [2.05, 4.69) is 27.5 Å². The summed E-state index contributed by atoms with van der Waals surface area (Å²) in [6.07, 6.45) is 4.78. The zero-order valence-electron chi connectivity index (χ0n) is 10.7. The molecule has 0 saturated heterocycles. The van der Waals surface area contributed by atoms with Gasteiger partial charge in [0.25, 0.3) is 0 Å². The summed E-state index contributed by atoms with van der Waals surface area (Å²) in [6, 6.07) is 1.96. The van der Waals surface area contributed by atoms with E-state index < -0.39 is 0 Å². The van der Waals surface area contributed by atoms with Gasteiger partial charge >= 0.3 is 0 Å². The van der Waals surface area contributed by atoms with Crippen molar-refractivity contribution in [3.05, 3.63) is 6.07 Å². The van der Waals surface area contributed by atoms with Crippen molar-refractivity contribution < 1.29 is 0 Å². The summed E-state index contributed by atoms with van der Waals surface area (Å²) in [5.74, 6) is 3.45. The molecule has 1 fully saturated rings. The van der Waals surface area contributed by atoms with E-state index in [4.69, 9.17) is 0 Å². The van der Waals surface area contributed by atoms with Crippen LogP contribution in [0.2, 0.25) is 0 Å². The Hall–Kier alpha value is -0.970. The van der Waals surface area contributed by atoms with Crippen molar-refractivity contribution in [2.75, 3.05) is 30.5 Å². The first-order chi connectivity index (χ1) is 8.22. The maximum absolute atomic E-state index is 4.45. The molecule has 1 atom stereocenters. The molecule has 1 unspecified atom stereocenters. The number of rotatable bonds is 6. The van der Waals surface area contributed by atoms with Crippen LogP contribution in [0, 0.1) is 11.8 Å². The molecule has 1 aromatic heterocycles. The Morgan fingerprint density at radius 3 is 2.71 bits per heavy atom. The van der Waals surface area contributed by atoms with Gasteiger partial charge in [-0.3, -0.25) is 0 Å². The number of hydrogen-bond donors (Lipinski definition) is 2. The predicted octanol–water partition coefficient (Wildman–Crippen LogP) is 2.70. The fourth-order valence-electron chi connectivity index (χ4n) is 1.83. The lowest BCUT2D eigenvalue weighted by Gasteiger charge is -2.13. The minimum Gasteiger partial charge on any atom is -0.373 e. The molecule has 2 rings (SSSR count). The van der Waals surface area contributed by atoms with Crippen LogP contribution in [0.5, 0.6) is 0 Å². The van der Waals surface area contributed by atoms with Gasteiger partial charge in [0.2, 0.25) is 0 Å². The summed E-state index contributed by atoms with van der Waals surface area (Å²) in [5.41, 5.74) is 0. The van der Waals surface area contributed by atoms with Crippen molar-refractivity contribution in [3.63, 3.8) is 0 Å². The van der Waals surface area contributed by atoms with E-state index in [0.29, 0.717) is 0 Å². The topological polar surface area (TPSA) is 49.8 Å². The van der Waals surface area contributed by atoms with Gasteiger partial charge in [0.1, 0.15) is 11.6 Å². The summed E-state index contributed by atoms with van der Waals surface area (Å²) >= 11 is 1.56.